The van der Waals surface area contributed by atoms with E-state index in [0.717, 1.165) is 29.7 Å². The Bertz CT molecular complexity index is 481. The Balaban J connectivity index is 1.99. The van der Waals surface area contributed by atoms with Crippen molar-refractivity contribution in [3.05, 3.63) is 35.1 Å². The van der Waals surface area contributed by atoms with Gasteiger partial charge < -0.3 is 10.2 Å². The van der Waals surface area contributed by atoms with Crippen molar-refractivity contribution in [1.82, 2.24) is 10.2 Å². The first-order valence-corrected chi connectivity index (χ1v) is 8.34. The fourth-order valence-corrected chi connectivity index (χ4v) is 3.01. The molecule has 0 aliphatic carbocycles. The van der Waals surface area contributed by atoms with Gasteiger partial charge in [0.25, 0.3) is 0 Å². The van der Waals surface area contributed by atoms with Crippen molar-refractivity contribution in [3.8, 4) is 0 Å². The van der Waals surface area contributed by atoms with Crippen molar-refractivity contribution in [2.45, 2.75) is 25.8 Å². The molecule has 0 fully saturated rings. The molecule has 110 valence electrons. The summed E-state index contributed by atoms with van der Waals surface area (Å²) < 4.78 is 13.4. The molecular formula is C15H21FN2OS. The monoisotopic (exact) mass is 296 g/mol. The molecule has 0 bridgehead atoms. The standard InChI is InChI=1S/C15H21FN2OS/c1-11-14-10-13(16)5-4-12(14)6-8-18(11)15(19)17-7-3-9-20-2/h4-5,10-11H,3,6-9H2,1-2H3,(H,17,19). The van der Waals surface area contributed by atoms with Crippen molar-refractivity contribution >= 4 is 17.8 Å². The Kier molecular flexibility index (Phi) is 5.29. The van der Waals surface area contributed by atoms with E-state index in [1.54, 1.807) is 22.7 Å². The molecule has 2 amide bonds. The smallest absolute Gasteiger partial charge is 0.317 e. The molecule has 1 aromatic rings. The molecule has 0 saturated carbocycles. The molecule has 0 saturated heterocycles. The van der Waals surface area contributed by atoms with E-state index < -0.39 is 0 Å². The van der Waals surface area contributed by atoms with Crippen LogP contribution in [0.2, 0.25) is 0 Å². The van der Waals surface area contributed by atoms with E-state index in [9.17, 15) is 9.18 Å². The van der Waals surface area contributed by atoms with Gasteiger partial charge in [-0.15, -0.1) is 0 Å². The fourth-order valence-electron chi connectivity index (χ4n) is 2.58. The zero-order chi connectivity index (χ0) is 14.5. The molecule has 1 aromatic carbocycles. The number of hydrogen-bond donors (Lipinski definition) is 1. The number of nitrogens with zero attached hydrogens (tertiary/aromatic N) is 1. The molecule has 0 spiro atoms. The number of halogens is 1. The number of carbonyl (C=O) groups is 1. The van der Waals surface area contributed by atoms with Gasteiger partial charge in [0.15, 0.2) is 0 Å². The van der Waals surface area contributed by atoms with E-state index in [4.69, 9.17) is 0 Å². The van der Waals surface area contributed by atoms with Crippen LogP contribution in [0.25, 0.3) is 0 Å². The van der Waals surface area contributed by atoms with E-state index >= 15 is 0 Å². The van der Waals surface area contributed by atoms with Gasteiger partial charge in [-0.05, 0) is 55.0 Å². The van der Waals surface area contributed by atoms with E-state index in [-0.39, 0.29) is 17.9 Å². The van der Waals surface area contributed by atoms with Crippen molar-refractivity contribution in [2.24, 2.45) is 0 Å². The van der Waals surface area contributed by atoms with E-state index in [1.807, 2.05) is 13.0 Å². The first kappa shape index (κ1) is 15.2. The Labute approximate surface area is 123 Å². The van der Waals surface area contributed by atoms with Gasteiger partial charge in [-0.25, -0.2) is 9.18 Å². The van der Waals surface area contributed by atoms with Crippen molar-refractivity contribution < 1.29 is 9.18 Å². The molecule has 1 N–H and O–H groups in total. The third-order valence-corrected chi connectivity index (χ3v) is 4.41. The summed E-state index contributed by atoms with van der Waals surface area (Å²) in [5.74, 6) is 0.807. The summed E-state index contributed by atoms with van der Waals surface area (Å²) in [5, 5.41) is 2.94. The number of benzene rings is 1. The topological polar surface area (TPSA) is 32.3 Å². The van der Waals surface area contributed by atoms with Crippen LogP contribution in [0.4, 0.5) is 9.18 Å². The molecule has 0 radical (unpaired) electrons. The minimum absolute atomic E-state index is 0.0477. The van der Waals surface area contributed by atoms with Crippen LogP contribution in [0.15, 0.2) is 18.2 Å². The predicted molar refractivity (Wildman–Crippen MR) is 81.6 cm³/mol. The van der Waals surface area contributed by atoms with E-state index in [0.29, 0.717) is 13.1 Å². The number of hydrogen-bond acceptors (Lipinski definition) is 2. The van der Waals surface area contributed by atoms with Gasteiger partial charge in [0.2, 0.25) is 0 Å². The molecule has 0 aromatic heterocycles. The van der Waals surface area contributed by atoms with E-state index in [1.165, 1.54) is 6.07 Å². The predicted octanol–water partition coefficient (Wildman–Crippen LogP) is 3.21. The minimum atomic E-state index is -0.238. The minimum Gasteiger partial charge on any atom is -0.338 e. The van der Waals surface area contributed by atoms with Crippen LogP contribution < -0.4 is 5.32 Å². The molecule has 5 heteroatoms. The highest BCUT2D eigenvalue weighted by Gasteiger charge is 2.27. The van der Waals surface area contributed by atoms with Gasteiger partial charge in [0.05, 0.1) is 6.04 Å². The Morgan fingerprint density at radius 3 is 3.10 bits per heavy atom. The maximum Gasteiger partial charge on any atom is 0.317 e. The van der Waals surface area contributed by atoms with Crippen LogP contribution in [-0.2, 0) is 6.42 Å². The zero-order valence-corrected chi connectivity index (χ0v) is 12.8. The number of urea groups is 1. The van der Waals surface area contributed by atoms with Crippen molar-refractivity contribution in [3.63, 3.8) is 0 Å². The van der Waals surface area contributed by atoms with Crippen LogP contribution >= 0.6 is 11.8 Å². The van der Waals surface area contributed by atoms with Crippen LogP contribution in [0, 0.1) is 5.82 Å². The highest BCUT2D eigenvalue weighted by atomic mass is 32.2. The lowest BCUT2D eigenvalue weighted by atomic mass is 9.94. The van der Waals surface area contributed by atoms with Crippen LogP contribution in [-0.4, -0.2) is 36.0 Å². The number of fused-ring (bicyclic) bond motifs is 1. The maximum atomic E-state index is 13.4. The second-order valence-corrected chi connectivity index (χ2v) is 6.03. The molecule has 20 heavy (non-hydrogen) atoms. The summed E-state index contributed by atoms with van der Waals surface area (Å²) in [6.45, 7) is 3.34. The van der Waals surface area contributed by atoms with Gasteiger partial charge >= 0.3 is 6.03 Å². The summed E-state index contributed by atoms with van der Waals surface area (Å²) in [6.07, 6.45) is 3.82. The maximum absolute atomic E-state index is 13.4. The van der Waals surface area contributed by atoms with Gasteiger partial charge in [0, 0.05) is 13.1 Å². The molecule has 1 atom stereocenters. The number of amides is 2. The molecule has 3 nitrogen and oxygen atoms in total. The molecule has 1 heterocycles. The van der Waals surface area contributed by atoms with Gasteiger partial charge in [-0.1, -0.05) is 6.07 Å². The fraction of sp³-hybridized carbons (Fsp3) is 0.533. The molecule has 1 unspecified atom stereocenters. The first-order valence-electron chi connectivity index (χ1n) is 6.95. The summed E-state index contributed by atoms with van der Waals surface area (Å²) in [5.41, 5.74) is 2.07. The number of carbonyl (C=O) groups excluding carboxylic acids is 1. The average Bonchev–Trinajstić information content (AvgIpc) is 2.44. The lowest BCUT2D eigenvalue weighted by molar-refractivity contribution is 0.174. The molecule has 1 aliphatic heterocycles. The number of rotatable bonds is 4. The second-order valence-electron chi connectivity index (χ2n) is 5.04. The molecular weight excluding hydrogens is 275 g/mol. The third kappa shape index (κ3) is 3.45. The van der Waals surface area contributed by atoms with Crippen LogP contribution in [0.1, 0.15) is 30.5 Å². The highest BCUT2D eigenvalue weighted by Crippen LogP contribution is 2.29. The highest BCUT2D eigenvalue weighted by molar-refractivity contribution is 7.98. The summed E-state index contributed by atoms with van der Waals surface area (Å²) in [7, 11) is 0. The quantitative estimate of drug-likeness (QED) is 0.865. The van der Waals surface area contributed by atoms with Gasteiger partial charge in [0.1, 0.15) is 5.82 Å². The van der Waals surface area contributed by atoms with E-state index in [2.05, 4.69) is 11.6 Å². The normalized spacial score (nSPS) is 17.8. The number of nitrogens with one attached hydrogen (secondary N) is 1. The first-order chi connectivity index (χ1) is 9.63. The van der Waals surface area contributed by atoms with Crippen molar-refractivity contribution in [1.29, 1.82) is 0 Å². The van der Waals surface area contributed by atoms with Crippen molar-refractivity contribution in [2.75, 3.05) is 25.1 Å². The lowest BCUT2D eigenvalue weighted by Gasteiger charge is -2.35. The zero-order valence-electron chi connectivity index (χ0n) is 12.0. The lowest BCUT2D eigenvalue weighted by Crippen LogP contribution is -2.45. The molecule has 2 rings (SSSR count). The molecule has 1 aliphatic rings. The average molecular weight is 296 g/mol. The summed E-state index contributed by atoms with van der Waals surface area (Å²) in [4.78, 5) is 14.0. The SMILES string of the molecule is CSCCCNC(=O)N1CCc2ccc(F)cc2C1C. The second kappa shape index (κ2) is 6.97. The van der Waals surface area contributed by atoms with Crippen LogP contribution in [0.3, 0.4) is 0 Å². The Morgan fingerprint density at radius 1 is 1.55 bits per heavy atom. The Hall–Kier alpha value is -1.23. The summed E-state index contributed by atoms with van der Waals surface area (Å²) in [6, 6.07) is 4.75. The number of thioether (sulfide) groups is 1. The Morgan fingerprint density at radius 2 is 2.35 bits per heavy atom. The van der Waals surface area contributed by atoms with Gasteiger partial charge in [-0.3, -0.25) is 0 Å². The third-order valence-electron chi connectivity index (χ3n) is 3.71. The van der Waals surface area contributed by atoms with Crippen LogP contribution in [0.5, 0.6) is 0 Å². The summed E-state index contributed by atoms with van der Waals surface area (Å²) >= 11 is 1.78. The van der Waals surface area contributed by atoms with Gasteiger partial charge in [-0.2, -0.15) is 11.8 Å². The largest absolute Gasteiger partial charge is 0.338 e.